The van der Waals surface area contributed by atoms with Gasteiger partial charge in [0.1, 0.15) is 11.2 Å². The summed E-state index contributed by atoms with van der Waals surface area (Å²) in [6.07, 6.45) is 3.51. The van der Waals surface area contributed by atoms with Crippen molar-refractivity contribution in [2.75, 3.05) is 6.26 Å². The van der Waals surface area contributed by atoms with Crippen molar-refractivity contribution < 1.29 is 12.6 Å². The van der Waals surface area contributed by atoms with Crippen molar-refractivity contribution in [3.8, 4) is 5.69 Å². The van der Waals surface area contributed by atoms with E-state index in [1.807, 2.05) is 12.1 Å². The minimum Gasteiger partial charge on any atom is -0.271 e. The van der Waals surface area contributed by atoms with Crippen LogP contribution >= 0.6 is 46.6 Å². The molecule has 0 radical (unpaired) electrons. The fourth-order valence-electron chi connectivity index (χ4n) is 3.33. The number of halogens is 3. The first-order valence-electron chi connectivity index (χ1n) is 10.4. The van der Waals surface area contributed by atoms with E-state index in [1.165, 1.54) is 23.9 Å². The molecular formula is C23H17Cl3N4O5S2. The number of hydrogen-bond acceptors (Lipinski definition) is 8. The normalized spacial score (nSPS) is 12.4. The monoisotopic (exact) mass is 598 g/mol. The number of nitrogens with zero attached hydrogens (tertiary/aromatic N) is 3. The van der Waals surface area contributed by atoms with Crippen LogP contribution in [0.15, 0.2) is 75.5 Å². The van der Waals surface area contributed by atoms with Crippen LogP contribution in [0.1, 0.15) is 21.9 Å². The summed E-state index contributed by atoms with van der Waals surface area (Å²) < 4.78 is 29.0. The number of nitrogens with one attached hydrogen (secondary N) is 1. The standard InChI is InChI=1S/C23H17Cl3N4O5S2/c1-37(33,34)35-12-14-3-2-8-27-22(14)36-21(13-4-6-15(24)7-5-13)20-17(25)9-16(10-18(20)26)30-23(32)29-19(31)11-28-30/h2-11,21H,12H2,1H3,(H,29,31,32). The van der Waals surface area contributed by atoms with Gasteiger partial charge in [0, 0.05) is 32.4 Å². The van der Waals surface area contributed by atoms with Crippen LogP contribution in [-0.4, -0.2) is 34.4 Å². The maximum atomic E-state index is 12.2. The molecule has 1 unspecified atom stereocenters. The van der Waals surface area contributed by atoms with Crippen LogP contribution in [0.2, 0.25) is 15.1 Å². The molecule has 0 saturated heterocycles. The Bertz CT molecular complexity index is 1650. The molecule has 0 bridgehead atoms. The van der Waals surface area contributed by atoms with E-state index < -0.39 is 26.6 Å². The van der Waals surface area contributed by atoms with Gasteiger partial charge < -0.3 is 0 Å². The van der Waals surface area contributed by atoms with Crippen molar-refractivity contribution in [2.45, 2.75) is 16.9 Å². The van der Waals surface area contributed by atoms with Gasteiger partial charge in [0.15, 0.2) is 0 Å². The summed E-state index contributed by atoms with van der Waals surface area (Å²) in [7, 11) is -3.68. The molecule has 37 heavy (non-hydrogen) atoms. The molecule has 2 aromatic heterocycles. The molecule has 1 atom stereocenters. The van der Waals surface area contributed by atoms with E-state index >= 15 is 0 Å². The van der Waals surface area contributed by atoms with Crippen molar-refractivity contribution in [1.29, 1.82) is 0 Å². The van der Waals surface area contributed by atoms with Gasteiger partial charge >= 0.3 is 5.69 Å². The minimum atomic E-state index is -3.68. The van der Waals surface area contributed by atoms with Crippen molar-refractivity contribution in [2.24, 2.45) is 0 Å². The van der Waals surface area contributed by atoms with Gasteiger partial charge in [-0.3, -0.25) is 14.0 Å². The van der Waals surface area contributed by atoms with Gasteiger partial charge in [0.05, 0.1) is 23.8 Å². The number of benzene rings is 2. The second kappa shape index (κ2) is 11.4. The molecule has 2 aromatic carbocycles. The highest BCUT2D eigenvalue weighted by molar-refractivity contribution is 7.99. The second-order valence-corrected chi connectivity index (χ2v) is 11.6. The van der Waals surface area contributed by atoms with Crippen molar-refractivity contribution in [3.63, 3.8) is 0 Å². The first-order valence-corrected chi connectivity index (χ1v) is 14.2. The molecule has 0 amide bonds. The largest absolute Gasteiger partial charge is 0.349 e. The lowest BCUT2D eigenvalue weighted by molar-refractivity contribution is 0.308. The average molecular weight is 600 g/mol. The van der Waals surface area contributed by atoms with Crippen LogP contribution in [-0.2, 0) is 20.9 Å². The van der Waals surface area contributed by atoms with E-state index in [0.717, 1.165) is 22.7 Å². The summed E-state index contributed by atoms with van der Waals surface area (Å²) in [5.74, 6) is 0. The molecule has 2 heterocycles. The van der Waals surface area contributed by atoms with E-state index in [-0.39, 0.29) is 22.3 Å². The van der Waals surface area contributed by atoms with Crippen molar-refractivity contribution in [3.05, 3.63) is 114 Å². The summed E-state index contributed by atoms with van der Waals surface area (Å²) in [6.45, 7) is -0.205. The van der Waals surface area contributed by atoms with Gasteiger partial charge in [-0.15, -0.1) is 0 Å². The third-order valence-corrected chi connectivity index (χ3v) is 7.72. The van der Waals surface area contributed by atoms with Crippen molar-refractivity contribution >= 4 is 56.7 Å². The first-order chi connectivity index (χ1) is 17.5. The van der Waals surface area contributed by atoms with Crippen LogP contribution < -0.4 is 11.2 Å². The van der Waals surface area contributed by atoms with E-state index in [2.05, 4.69) is 15.1 Å². The Balaban J connectivity index is 1.81. The Morgan fingerprint density at radius 2 is 1.76 bits per heavy atom. The lowest BCUT2D eigenvalue weighted by Gasteiger charge is -2.22. The Morgan fingerprint density at radius 3 is 2.38 bits per heavy atom. The smallest absolute Gasteiger partial charge is 0.271 e. The summed E-state index contributed by atoms with van der Waals surface area (Å²) in [6, 6.07) is 13.4. The maximum absolute atomic E-state index is 12.2. The lowest BCUT2D eigenvalue weighted by Crippen LogP contribution is -2.30. The number of pyridine rings is 1. The highest BCUT2D eigenvalue weighted by Gasteiger charge is 2.25. The summed E-state index contributed by atoms with van der Waals surface area (Å²) in [4.78, 5) is 30.2. The number of aromatic amines is 1. The quantitative estimate of drug-likeness (QED) is 0.230. The molecule has 192 valence electrons. The predicted molar refractivity (Wildman–Crippen MR) is 143 cm³/mol. The molecule has 9 nitrogen and oxygen atoms in total. The molecule has 0 fully saturated rings. The molecule has 1 N–H and O–H groups in total. The number of aromatic nitrogens is 4. The van der Waals surface area contributed by atoms with Crippen LogP contribution in [0.4, 0.5) is 0 Å². The fourth-order valence-corrected chi connectivity index (χ4v) is 5.91. The Hall–Kier alpha value is -2.67. The van der Waals surface area contributed by atoms with Crippen LogP contribution in [0.25, 0.3) is 5.69 Å². The highest BCUT2D eigenvalue weighted by Crippen LogP contribution is 2.47. The van der Waals surface area contributed by atoms with Gasteiger partial charge in [0.2, 0.25) is 0 Å². The van der Waals surface area contributed by atoms with Gasteiger partial charge in [-0.25, -0.2) is 9.78 Å². The SMILES string of the molecule is CS(=O)(=O)OCc1cccnc1SC(c1ccc(Cl)cc1)c1c(Cl)cc(-n2ncc(=O)[nH]c2=O)cc1Cl. The zero-order valence-corrected chi connectivity index (χ0v) is 22.8. The molecule has 0 aliphatic rings. The van der Waals surface area contributed by atoms with E-state index in [4.69, 9.17) is 39.0 Å². The van der Waals surface area contributed by atoms with E-state index in [9.17, 15) is 18.0 Å². The number of thioether (sulfide) groups is 1. The third kappa shape index (κ3) is 6.81. The molecule has 14 heteroatoms. The summed E-state index contributed by atoms with van der Waals surface area (Å²) in [5.41, 5.74) is 0.702. The van der Waals surface area contributed by atoms with Crippen LogP contribution in [0.5, 0.6) is 0 Å². The average Bonchev–Trinajstić information content (AvgIpc) is 2.82. The number of rotatable bonds is 8. The molecule has 4 rings (SSSR count). The topological polar surface area (TPSA) is 124 Å². The van der Waals surface area contributed by atoms with E-state index in [0.29, 0.717) is 21.2 Å². The fraction of sp³-hybridized carbons (Fsp3) is 0.130. The van der Waals surface area contributed by atoms with Crippen molar-refractivity contribution in [1.82, 2.24) is 19.7 Å². The first kappa shape index (κ1) is 27.4. The second-order valence-electron chi connectivity index (χ2n) is 7.66. The molecule has 0 aliphatic carbocycles. The van der Waals surface area contributed by atoms with E-state index in [1.54, 1.807) is 30.5 Å². The number of hydrogen-bond donors (Lipinski definition) is 1. The zero-order valence-electron chi connectivity index (χ0n) is 18.9. The molecule has 0 spiro atoms. The summed E-state index contributed by atoms with van der Waals surface area (Å²) >= 11 is 20.8. The van der Waals surface area contributed by atoms with Gasteiger partial charge in [-0.05, 0) is 35.9 Å². The molecule has 0 aliphatic heterocycles. The van der Waals surface area contributed by atoms with Gasteiger partial charge in [-0.1, -0.05) is 64.8 Å². The Kier molecular flexibility index (Phi) is 8.42. The summed E-state index contributed by atoms with van der Waals surface area (Å²) in [5, 5.41) is 4.80. The molecule has 4 aromatic rings. The zero-order chi connectivity index (χ0) is 26.7. The molecular weight excluding hydrogens is 583 g/mol. The van der Waals surface area contributed by atoms with Crippen LogP contribution in [0.3, 0.4) is 0 Å². The molecule has 0 saturated carbocycles. The predicted octanol–water partition coefficient (Wildman–Crippen LogP) is 4.63. The Morgan fingerprint density at radius 1 is 1.08 bits per heavy atom. The maximum Gasteiger partial charge on any atom is 0.349 e. The van der Waals surface area contributed by atoms with Gasteiger partial charge in [-0.2, -0.15) is 18.2 Å². The van der Waals surface area contributed by atoms with Gasteiger partial charge in [0.25, 0.3) is 15.7 Å². The highest BCUT2D eigenvalue weighted by atomic mass is 35.5. The minimum absolute atomic E-state index is 0.205. The Labute approximate surface area is 230 Å². The third-order valence-electron chi connectivity index (χ3n) is 4.96. The van der Waals surface area contributed by atoms with Crippen LogP contribution in [0, 0.1) is 0 Å². The number of H-pyrrole nitrogens is 1. The lowest BCUT2D eigenvalue weighted by atomic mass is 10.0.